The van der Waals surface area contributed by atoms with E-state index >= 15 is 0 Å². The van der Waals surface area contributed by atoms with Gasteiger partial charge in [0.2, 0.25) is 5.78 Å². The number of carboxylic acid groups (broad SMARTS) is 1. The van der Waals surface area contributed by atoms with E-state index in [4.69, 9.17) is 4.74 Å². The molecule has 232 valence electrons. The van der Waals surface area contributed by atoms with Gasteiger partial charge in [0.1, 0.15) is 11.6 Å². The van der Waals surface area contributed by atoms with Crippen LogP contribution in [0.3, 0.4) is 0 Å². The molecule has 10 nitrogen and oxygen atoms in total. The van der Waals surface area contributed by atoms with Crippen molar-refractivity contribution in [3.05, 3.63) is 11.1 Å². The fourth-order valence-electron chi connectivity index (χ4n) is 9.22. The van der Waals surface area contributed by atoms with E-state index in [9.17, 15) is 44.1 Å². The molecule has 10 atom stereocenters. The van der Waals surface area contributed by atoms with Crippen molar-refractivity contribution in [2.75, 3.05) is 6.61 Å². The number of esters is 1. The van der Waals surface area contributed by atoms with Crippen molar-refractivity contribution in [3.8, 4) is 0 Å². The number of aliphatic hydroxyl groups excluding tert-OH is 2. The number of aliphatic hydroxyl groups is 2. The van der Waals surface area contributed by atoms with Gasteiger partial charge in [-0.05, 0) is 37.5 Å². The molecule has 1 unspecified atom stereocenters. The Labute approximate surface area is 246 Å². The molecule has 0 aliphatic heterocycles. The first-order valence-electron chi connectivity index (χ1n) is 14.9. The maximum Gasteiger partial charge on any atom is 0.306 e. The minimum atomic E-state index is -1.50. The van der Waals surface area contributed by atoms with Crippen LogP contribution in [-0.2, 0) is 33.5 Å². The van der Waals surface area contributed by atoms with E-state index in [0.717, 1.165) is 0 Å². The van der Waals surface area contributed by atoms with Gasteiger partial charge in [-0.1, -0.05) is 34.6 Å². The average molecular weight is 589 g/mol. The number of aliphatic carboxylic acids is 1. The normalized spacial score (nSPS) is 41.0. The Morgan fingerprint density at radius 2 is 1.62 bits per heavy atom. The molecule has 0 bridgehead atoms. The van der Waals surface area contributed by atoms with Crippen molar-refractivity contribution in [1.29, 1.82) is 0 Å². The summed E-state index contributed by atoms with van der Waals surface area (Å²) >= 11 is 0. The molecular formula is C32H44O10. The summed E-state index contributed by atoms with van der Waals surface area (Å²) in [4.78, 5) is 79.6. The molecule has 2 saturated carbocycles. The second-order valence-corrected chi connectivity index (χ2v) is 14.2. The molecule has 0 aromatic rings. The number of ketones is 4. The van der Waals surface area contributed by atoms with Crippen molar-refractivity contribution in [2.45, 2.75) is 99.2 Å². The van der Waals surface area contributed by atoms with Crippen LogP contribution in [0.15, 0.2) is 11.1 Å². The molecule has 0 radical (unpaired) electrons. The number of carboxylic acids is 1. The highest BCUT2D eigenvalue weighted by atomic mass is 16.5. The first kappa shape index (κ1) is 32.2. The monoisotopic (exact) mass is 588 g/mol. The van der Waals surface area contributed by atoms with Crippen LogP contribution in [0.4, 0.5) is 0 Å². The molecular weight excluding hydrogens is 544 g/mol. The Bertz CT molecular complexity index is 1280. The zero-order chi connectivity index (χ0) is 31.7. The number of carbonyl (C=O) groups is 6. The third kappa shape index (κ3) is 4.26. The van der Waals surface area contributed by atoms with E-state index in [1.807, 2.05) is 6.92 Å². The summed E-state index contributed by atoms with van der Waals surface area (Å²) < 4.78 is 5.78. The van der Waals surface area contributed by atoms with Crippen LogP contribution >= 0.6 is 0 Å². The van der Waals surface area contributed by atoms with Crippen molar-refractivity contribution >= 4 is 35.1 Å². The summed E-state index contributed by atoms with van der Waals surface area (Å²) in [5.74, 6) is -5.87. The Kier molecular flexibility index (Phi) is 8.03. The third-order valence-corrected chi connectivity index (χ3v) is 11.9. The minimum Gasteiger partial charge on any atom is -0.481 e. The van der Waals surface area contributed by atoms with Gasteiger partial charge in [-0.25, -0.2) is 0 Å². The fraction of sp³-hybridized carbons (Fsp3) is 0.750. The third-order valence-electron chi connectivity index (χ3n) is 11.9. The predicted octanol–water partition coefficient (Wildman–Crippen LogP) is 2.85. The Hall–Kier alpha value is -2.72. The second-order valence-electron chi connectivity index (χ2n) is 14.2. The molecule has 4 aliphatic rings. The molecule has 0 saturated heterocycles. The standard InChI is InChI=1S/C32H44O10/c1-15(10-18(35)11-16(2)28(40)41)19-12-23(38)32(7)24-20(36)13-21-29(4,9-8-22(37)30(21,5)14-33)25(24)26(39)27(31(19,32)6)42-17(3)34/h15-16,19,21-22,27,33,37H,8-14H2,1-7H3,(H,40,41)/t15-,16?,19-,21-,22+,27-,29+,30+,31+,32+/m1/s1. The molecule has 0 amide bonds. The zero-order valence-corrected chi connectivity index (χ0v) is 25.6. The van der Waals surface area contributed by atoms with Gasteiger partial charge in [0.05, 0.1) is 24.0 Å². The van der Waals surface area contributed by atoms with Crippen LogP contribution in [0.2, 0.25) is 0 Å². The molecule has 3 N–H and O–H groups in total. The summed E-state index contributed by atoms with van der Waals surface area (Å²) in [6.07, 6.45) is -1.98. The topological polar surface area (TPSA) is 172 Å². The van der Waals surface area contributed by atoms with Crippen LogP contribution < -0.4 is 0 Å². The Morgan fingerprint density at radius 1 is 1.00 bits per heavy atom. The van der Waals surface area contributed by atoms with E-state index in [0.29, 0.717) is 6.42 Å². The van der Waals surface area contributed by atoms with Crippen LogP contribution in [0.5, 0.6) is 0 Å². The highest BCUT2D eigenvalue weighted by Gasteiger charge is 2.75. The molecule has 4 aliphatic carbocycles. The quantitative estimate of drug-likeness (QED) is 0.358. The first-order chi connectivity index (χ1) is 19.3. The van der Waals surface area contributed by atoms with Gasteiger partial charge in [0, 0.05) is 60.0 Å². The van der Waals surface area contributed by atoms with E-state index in [1.54, 1.807) is 27.7 Å². The summed E-state index contributed by atoms with van der Waals surface area (Å²) in [5.41, 5.74) is -4.58. The largest absolute Gasteiger partial charge is 0.481 e. The highest BCUT2D eigenvalue weighted by Crippen LogP contribution is 2.70. The number of fused-ring (bicyclic) bond motifs is 4. The van der Waals surface area contributed by atoms with Gasteiger partial charge in [-0.3, -0.25) is 28.8 Å². The molecule has 0 spiro atoms. The highest BCUT2D eigenvalue weighted by molar-refractivity contribution is 6.18. The van der Waals surface area contributed by atoms with Gasteiger partial charge >= 0.3 is 11.9 Å². The summed E-state index contributed by atoms with van der Waals surface area (Å²) in [5, 5.41) is 30.5. The summed E-state index contributed by atoms with van der Waals surface area (Å²) in [6.45, 7) is 10.9. The van der Waals surface area contributed by atoms with Gasteiger partial charge in [0.25, 0.3) is 0 Å². The number of ether oxygens (including phenoxy) is 1. The average Bonchev–Trinajstić information content (AvgIpc) is 3.11. The second kappa shape index (κ2) is 10.5. The lowest BCUT2D eigenvalue weighted by Crippen LogP contribution is -2.65. The number of hydrogen-bond acceptors (Lipinski definition) is 9. The van der Waals surface area contributed by atoms with Gasteiger partial charge in [-0.2, -0.15) is 0 Å². The van der Waals surface area contributed by atoms with Crippen molar-refractivity contribution in [3.63, 3.8) is 0 Å². The first-order valence-corrected chi connectivity index (χ1v) is 14.9. The molecule has 0 aromatic carbocycles. The van der Waals surface area contributed by atoms with Crippen LogP contribution in [0, 0.1) is 45.3 Å². The van der Waals surface area contributed by atoms with Crippen LogP contribution in [-0.4, -0.2) is 69.2 Å². The predicted molar refractivity (Wildman–Crippen MR) is 149 cm³/mol. The lowest BCUT2D eigenvalue weighted by Gasteiger charge is -2.61. The molecule has 10 heteroatoms. The molecule has 4 rings (SSSR count). The number of allylic oxidation sites excluding steroid dienone is 1. The molecule has 42 heavy (non-hydrogen) atoms. The number of Topliss-reactive ketones (excluding diaryl/α,β-unsaturated/α-hetero) is 4. The van der Waals surface area contributed by atoms with Gasteiger partial charge in [-0.15, -0.1) is 0 Å². The van der Waals surface area contributed by atoms with Crippen LogP contribution in [0.25, 0.3) is 0 Å². The smallest absolute Gasteiger partial charge is 0.306 e. The van der Waals surface area contributed by atoms with Crippen molar-refractivity contribution < 1.29 is 48.8 Å². The number of hydrogen-bond donors (Lipinski definition) is 3. The van der Waals surface area contributed by atoms with E-state index in [-0.39, 0.29) is 54.8 Å². The lowest BCUT2D eigenvalue weighted by molar-refractivity contribution is -0.178. The Morgan fingerprint density at radius 3 is 2.17 bits per heavy atom. The summed E-state index contributed by atoms with van der Waals surface area (Å²) in [7, 11) is 0. The van der Waals surface area contributed by atoms with E-state index < -0.39 is 87.7 Å². The summed E-state index contributed by atoms with van der Waals surface area (Å²) in [6, 6.07) is 0. The van der Waals surface area contributed by atoms with Gasteiger partial charge < -0.3 is 20.1 Å². The number of carbonyl (C=O) groups excluding carboxylic acids is 5. The fourth-order valence-corrected chi connectivity index (χ4v) is 9.22. The molecule has 0 aromatic heterocycles. The zero-order valence-electron chi connectivity index (χ0n) is 25.6. The maximum atomic E-state index is 14.6. The molecule has 2 fully saturated rings. The number of rotatable bonds is 8. The van der Waals surface area contributed by atoms with E-state index in [1.165, 1.54) is 13.8 Å². The van der Waals surface area contributed by atoms with Crippen LogP contribution in [0.1, 0.15) is 87.0 Å². The van der Waals surface area contributed by atoms with E-state index in [2.05, 4.69) is 0 Å². The molecule has 0 heterocycles. The van der Waals surface area contributed by atoms with Gasteiger partial charge in [0.15, 0.2) is 11.9 Å². The Balaban J connectivity index is 1.89. The minimum absolute atomic E-state index is 0.0331. The lowest BCUT2D eigenvalue weighted by atomic mass is 9.42. The maximum absolute atomic E-state index is 14.6. The SMILES string of the molecule is CC(=O)O[C@@H]1C(=O)C2=C(C(=O)C[C@H]3[C@](C)(CO)[C@@H](O)CC[C@]23C)[C@]2(C)C(=O)C[C@H]([C@H](C)CC(=O)CC(C)C(=O)O)[C@@]12C. The van der Waals surface area contributed by atoms with Crippen molar-refractivity contribution in [1.82, 2.24) is 0 Å². The van der Waals surface area contributed by atoms with Crippen molar-refractivity contribution in [2.24, 2.45) is 45.3 Å².